The van der Waals surface area contributed by atoms with Crippen LogP contribution in [0.25, 0.3) is 11.1 Å². The van der Waals surface area contributed by atoms with Crippen molar-refractivity contribution in [3.8, 4) is 11.1 Å². The van der Waals surface area contributed by atoms with E-state index >= 15 is 0 Å². The van der Waals surface area contributed by atoms with Crippen molar-refractivity contribution in [1.82, 2.24) is 10.2 Å². The first-order valence-corrected chi connectivity index (χ1v) is 13.2. The maximum Gasteiger partial charge on any atom is 0.407 e. The minimum absolute atomic E-state index is 0.0100. The Kier molecular flexibility index (Phi) is 8.10. The van der Waals surface area contributed by atoms with Crippen molar-refractivity contribution in [3.63, 3.8) is 0 Å². The van der Waals surface area contributed by atoms with Gasteiger partial charge in [-0.15, -0.1) is 0 Å². The van der Waals surface area contributed by atoms with E-state index in [0.717, 1.165) is 27.8 Å². The second-order valence-corrected chi connectivity index (χ2v) is 9.98. The third kappa shape index (κ3) is 5.98. The molecule has 1 saturated heterocycles. The van der Waals surface area contributed by atoms with Gasteiger partial charge in [-0.05, 0) is 34.2 Å². The molecule has 2 amide bonds. The van der Waals surface area contributed by atoms with Crippen molar-refractivity contribution in [2.75, 3.05) is 19.7 Å². The number of carboxylic acids is 1. The summed E-state index contributed by atoms with van der Waals surface area (Å²) in [5.41, 5.74) is 5.05. The number of carbonyl (C=O) groups excluding carboxylic acids is 3. The van der Waals surface area contributed by atoms with Crippen molar-refractivity contribution in [3.05, 3.63) is 95.6 Å². The Morgan fingerprint density at radius 3 is 2.12 bits per heavy atom. The lowest BCUT2D eigenvalue weighted by atomic mass is 9.98. The van der Waals surface area contributed by atoms with E-state index in [9.17, 15) is 24.3 Å². The van der Waals surface area contributed by atoms with Gasteiger partial charge in [-0.25, -0.2) is 4.79 Å². The van der Waals surface area contributed by atoms with Crippen LogP contribution >= 0.6 is 0 Å². The molecule has 2 N–H and O–H groups in total. The number of esters is 1. The second-order valence-electron chi connectivity index (χ2n) is 9.98. The number of amides is 2. The number of hydrogen-bond donors (Lipinski definition) is 2. The molecule has 2 atom stereocenters. The van der Waals surface area contributed by atoms with E-state index in [-0.39, 0.29) is 32.2 Å². The average Bonchev–Trinajstić information content (AvgIpc) is 3.59. The highest BCUT2D eigenvalue weighted by Gasteiger charge is 2.36. The number of ether oxygens (including phenoxy) is 2. The zero-order chi connectivity index (χ0) is 28.1. The molecule has 0 bridgehead atoms. The normalized spacial score (nSPS) is 16.5. The SMILES string of the molecule is O=C(C[C@H](NC(=O)OCC1c2ccccc2-c2ccccc21)C(=O)N1CCC(C(=O)O)C1)OCc1ccccc1. The number of carboxylic acid groups (broad SMARTS) is 1. The summed E-state index contributed by atoms with van der Waals surface area (Å²) in [4.78, 5) is 51.7. The van der Waals surface area contributed by atoms with E-state index in [0.29, 0.717) is 6.42 Å². The lowest BCUT2D eigenvalue weighted by Crippen LogP contribution is -2.49. The van der Waals surface area contributed by atoms with Crippen LogP contribution in [-0.2, 0) is 30.5 Å². The van der Waals surface area contributed by atoms with Gasteiger partial charge in [0.2, 0.25) is 5.91 Å². The van der Waals surface area contributed by atoms with E-state index in [1.54, 1.807) is 12.1 Å². The topological polar surface area (TPSA) is 122 Å². The van der Waals surface area contributed by atoms with Gasteiger partial charge in [0.05, 0.1) is 12.3 Å². The van der Waals surface area contributed by atoms with Gasteiger partial charge in [0.1, 0.15) is 19.3 Å². The third-order valence-electron chi connectivity index (χ3n) is 7.40. The molecule has 0 radical (unpaired) electrons. The van der Waals surface area contributed by atoms with Crippen LogP contribution in [0.4, 0.5) is 4.79 Å². The van der Waals surface area contributed by atoms with Crippen LogP contribution < -0.4 is 5.32 Å². The lowest BCUT2D eigenvalue weighted by Gasteiger charge is -2.24. The Labute approximate surface area is 231 Å². The molecule has 9 heteroatoms. The molecule has 3 aromatic carbocycles. The molecular weight excluding hydrogens is 512 g/mol. The van der Waals surface area contributed by atoms with Crippen LogP contribution in [0.2, 0.25) is 0 Å². The Morgan fingerprint density at radius 2 is 1.50 bits per heavy atom. The van der Waals surface area contributed by atoms with E-state index in [1.807, 2.05) is 66.7 Å². The van der Waals surface area contributed by atoms with Gasteiger partial charge in [-0.1, -0.05) is 78.9 Å². The highest BCUT2D eigenvalue weighted by Crippen LogP contribution is 2.44. The summed E-state index contributed by atoms with van der Waals surface area (Å²) in [6, 6.07) is 23.7. The van der Waals surface area contributed by atoms with Crippen LogP contribution in [0.5, 0.6) is 0 Å². The highest BCUT2D eigenvalue weighted by molar-refractivity contribution is 5.90. The van der Waals surface area contributed by atoms with Crippen molar-refractivity contribution >= 4 is 23.9 Å². The van der Waals surface area contributed by atoms with Gasteiger partial charge in [-0.2, -0.15) is 0 Å². The second kappa shape index (κ2) is 12.0. The number of fused-ring (bicyclic) bond motifs is 3. The number of hydrogen-bond acceptors (Lipinski definition) is 6. The first-order valence-electron chi connectivity index (χ1n) is 13.2. The molecule has 206 valence electrons. The number of rotatable bonds is 9. The van der Waals surface area contributed by atoms with Crippen molar-refractivity contribution in [1.29, 1.82) is 0 Å². The zero-order valence-electron chi connectivity index (χ0n) is 21.8. The average molecular weight is 543 g/mol. The molecule has 1 unspecified atom stereocenters. The fourth-order valence-corrected chi connectivity index (χ4v) is 5.33. The van der Waals surface area contributed by atoms with Crippen LogP contribution in [0.1, 0.15) is 35.4 Å². The van der Waals surface area contributed by atoms with Crippen LogP contribution in [0.3, 0.4) is 0 Å². The summed E-state index contributed by atoms with van der Waals surface area (Å²) in [6.45, 7) is 0.300. The maximum absolute atomic E-state index is 13.3. The minimum atomic E-state index is -1.26. The Bertz CT molecular complexity index is 1360. The fraction of sp³-hybridized carbons (Fsp3) is 0.290. The number of benzene rings is 3. The molecule has 9 nitrogen and oxygen atoms in total. The maximum atomic E-state index is 13.3. The molecule has 0 spiro atoms. The molecule has 0 aromatic heterocycles. The van der Waals surface area contributed by atoms with E-state index in [4.69, 9.17) is 9.47 Å². The van der Waals surface area contributed by atoms with Crippen molar-refractivity contribution in [2.45, 2.75) is 31.4 Å². The molecule has 1 aliphatic heterocycles. The van der Waals surface area contributed by atoms with E-state index in [1.165, 1.54) is 4.90 Å². The summed E-state index contributed by atoms with van der Waals surface area (Å²) in [7, 11) is 0. The minimum Gasteiger partial charge on any atom is -0.481 e. The number of alkyl carbamates (subject to hydrolysis) is 1. The Morgan fingerprint density at radius 1 is 0.875 bits per heavy atom. The number of aliphatic carboxylic acids is 1. The molecule has 1 fully saturated rings. The summed E-state index contributed by atoms with van der Waals surface area (Å²) in [6.07, 6.45) is -0.952. The van der Waals surface area contributed by atoms with Gasteiger partial charge in [0.25, 0.3) is 0 Å². The molecule has 3 aromatic rings. The predicted octanol–water partition coefficient (Wildman–Crippen LogP) is 3.96. The largest absolute Gasteiger partial charge is 0.481 e. The summed E-state index contributed by atoms with van der Waals surface area (Å²) in [5, 5.41) is 11.9. The molecule has 1 heterocycles. The quantitative estimate of drug-likeness (QED) is 0.393. The zero-order valence-corrected chi connectivity index (χ0v) is 21.8. The van der Waals surface area contributed by atoms with Crippen molar-refractivity contribution < 1.29 is 33.8 Å². The smallest absolute Gasteiger partial charge is 0.407 e. The molecule has 0 saturated carbocycles. The number of nitrogens with one attached hydrogen (secondary N) is 1. The molecule has 5 rings (SSSR count). The van der Waals surface area contributed by atoms with Gasteiger partial charge in [0, 0.05) is 19.0 Å². The van der Waals surface area contributed by atoms with Crippen LogP contribution in [0.15, 0.2) is 78.9 Å². The predicted molar refractivity (Wildman–Crippen MR) is 145 cm³/mol. The Balaban J connectivity index is 1.25. The van der Waals surface area contributed by atoms with Gasteiger partial charge < -0.3 is 24.8 Å². The van der Waals surface area contributed by atoms with Gasteiger partial charge in [0.15, 0.2) is 0 Å². The first kappa shape index (κ1) is 26.9. The number of carbonyl (C=O) groups is 4. The third-order valence-corrected chi connectivity index (χ3v) is 7.40. The van der Waals surface area contributed by atoms with E-state index in [2.05, 4.69) is 5.32 Å². The first-order chi connectivity index (χ1) is 19.4. The highest BCUT2D eigenvalue weighted by atomic mass is 16.5. The lowest BCUT2D eigenvalue weighted by molar-refractivity contribution is -0.148. The van der Waals surface area contributed by atoms with Gasteiger partial charge in [-0.3, -0.25) is 14.4 Å². The standard InChI is InChI=1S/C31H30N2O7/c34-28(39-18-20-8-2-1-3-9-20)16-27(29(35)33-15-14-21(17-33)30(36)37)32-31(38)40-19-26-24-12-6-4-10-22(24)23-11-5-7-13-25(23)26/h1-13,21,26-27H,14-19H2,(H,32,38)(H,36,37)/t21?,27-/m0/s1. The monoisotopic (exact) mass is 542 g/mol. The Hall–Kier alpha value is -4.66. The number of likely N-dealkylation sites (tertiary alicyclic amines) is 1. The van der Waals surface area contributed by atoms with Crippen LogP contribution in [-0.4, -0.2) is 59.7 Å². The summed E-state index contributed by atoms with van der Waals surface area (Å²) < 4.78 is 10.9. The molecule has 1 aliphatic carbocycles. The molecular formula is C31H30N2O7. The summed E-state index contributed by atoms with van der Waals surface area (Å²) in [5.74, 6) is -3.07. The molecule has 2 aliphatic rings. The molecule has 40 heavy (non-hydrogen) atoms. The summed E-state index contributed by atoms with van der Waals surface area (Å²) >= 11 is 0. The van der Waals surface area contributed by atoms with Crippen LogP contribution in [0, 0.1) is 5.92 Å². The fourth-order valence-electron chi connectivity index (χ4n) is 5.33. The number of nitrogens with zero attached hydrogens (tertiary/aromatic N) is 1. The van der Waals surface area contributed by atoms with Crippen molar-refractivity contribution in [2.24, 2.45) is 5.92 Å². The van der Waals surface area contributed by atoms with E-state index < -0.39 is 42.3 Å². The van der Waals surface area contributed by atoms with Gasteiger partial charge >= 0.3 is 18.0 Å².